The van der Waals surface area contributed by atoms with Gasteiger partial charge in [-0.1, -0.05) is 12.1 Å². The van der Waals surface area contributed by atoms with Gasteiger partial charge in [-0.25, -0.2) is 4.39 Å². The van der Waals surface area contributed by atoms with E-state index in [9.17, 15) is 4.39 Å². The Hall–Kier alpha value is -0.890. The fourth-order valence-electron chi connectivity index (χ4n) is 1.92. The molecular weight excluding hydrogens is 177 g/mol. The van der Waals surface area contributed by atoms with Gasteiger partial charge in [-0.05, 0) is 49.9 Å². The first-order valence-corrected chi connectivity index (χ1v) is 5.21. The van der Waals surface area contributed by atoms with Gasteiger partial charge in [0.1, 0.15) is 5.82 Å². The highest BCUT2D eigenvalue weighted by Crippen LogP contribution is 2.33. The van der Waals surface area contributed by atoms with Crippen LogP contribution in [-0.4, -0.2) is 13.1 Å². The Bertz CT molecular complexity index is 307. The van der Waals surface area contributed by atoms with E-state index in [1.807, 2.05) is 13.1 Å². The highest BCUT2D eigenvalue weighted by Gasteiger charge is 2.29. The topological polar surface area (TPSA) is 12.0 Å². The van der Waals surface area contributed by atoms with Gasteiger partial charge in [0.05, 0.1) is 0 Å². The molecule has 1 unspecified atom stereocenters. The van der Waals surface area contributed by atoms with E-state index in [-0.39, 0.29) is 5.82 Å². The minimum Gasteiger partial charge on any atom is -0.316 e. The molecule has 2 rings (SSSR count). The maximum absolute atomic E-state index is 12.9. The normalized spacial score (nSPS) is 18.1. The molecule has 1 atom stereocenters. The highest BCUT2D eigenvalue weighted by molar-refractivity contribution is 5.18. The molecule has 0 bridgehead atoms. The third-order valence-electron chi connectivity index (χ3n) is 2.91. The van der Waals surface area contributed by atoms with Crippen molar-refractivity contribution in [2.75, 3.05) is 7.05 Å². The molecule has 0 aromatic heterocycles. The Morgan fingerprint density at radius 2 is 2.29 bits per heavy atom. The summed E-state index contributed by atoms with van der Waals surface area (Å²) in [6.07, 6.45) is 3.58. The van der Waals surface area contributed by atoms with Crippen LogP contribution in [0, 0.1) is 11.7 Å². The number of hydrogen-bond donors (Lipinski definition) is 1. The molecule has 1 aliphatic rings. The number of halogens is 1. The Kier molecular flexibility index (Phi) is 2.82. The monoisotopic (exact) mass is 193 g/mol. The van der Waals surface area contributed by atoms with Crippen molar-refractivity contribution in [3.05, 3.63) is 35.6 Å². The van der Waals surface area contributed by atoms with Crippen molar-refractivity contribution >= 4 is 0 Å². The maximum Gasteiger partial charge on any atom is 0.123 e. The second-order valence-electron chi connectivity index (χ2n) is 4.07. The zero-order valence-corrected chi connectivity index (χ0v) is 8.46. The molecule has 1 nitrogen and oxygen atoms in total. The summed E-state index contributed by atoms with van der Waals surface area (Å²) in [7, 11) is 1.99. The summed E-state index contributed by atoms with van der Waals surface area (Å²) in [5.74, 6) is 0.677. The first-order valence-electron chi connectivity index (χ1n) is 5.21. The van der Waals surface area contributed by atoms with Crippen LogP contribution in [0.4, 0.5) is 4.39 Å². The average Bonchev–Trinajstić information content (AvgIpc) is 2.97. The van der Waals surface area contributed by atoms with E-state index in [4.69, 9.17) is 0 Å². The van der Waals surface area contributed by atoms with Gasteiger partial charge in [-0.3, -0.25) is 0 Å². The molecular formula is C12H16FN. The third-order valence-corrected chi connectivity index (χ3v) is 2.91. The molecule has 1 aromatic carbocycles. The minimum absolute atomic E-state index is 0.131. The smallest absolute Gasteiger partial charge is 0.123 e. The van der Waals surface area contributed by atoms with Crippen LogP contribution in [-0.2, 0) is 6.42 Å². The molecule has 0 spiro atoms. The molecule has 1 aliphatic carbocycles. The van der Waals surface area contributed by atoms with Gasteiger partial charge in [0, 0.05) is 6.04 Å². The molecule has 0 heterocycles. The Morgan fingerprint density at radius 3 is 2.86 bits per heavy atom. The summed E-state index contributed by atoms with van der Waals surface area (Å²) in [6, 6.07) is 7.43. The van der Waals surface area contributed by atoms with Gasteiger partial charge in [0.15, 0.2) is 0 Å². The first kappa shape index (κ1) is 9.66. The van der Waals surface area contributed by atoms with Crippen LogP contribution in [0.1, 0.15) is 18.4 Å². The van der Waals surface area contributed by atoms with Gasteiger partial charge in [0.25, 0.3) is 0 Å². The van der Waals surface area contributed by atoms with Gasteiger partial charge >= 0.3 is 0 Å². The predicted molar refractivity (Wildman–Crippen MR) is 55.7 cm³/mol. The van der Waals surface area contributed by atoms with Crippen molar-refractivity contribution in [3.63, 3.8) is 0 Å². The largest absolute Gasteiger partial charge is 0.316 e. The summed E-state index contributed by atoms with van der Waals surface area (Å²) in [6.45, 7) is 0. The summed E-state index contributed by atoms with van der Waals surface area (Å²) in [5, 5.41) is 3.31. The zero-order valence-electron chi connectivity index (χ0n) is 8.46. The van der Waals surface area contributed by atoms with Crippen LogP contribution in [0.25, 0.3) is 0 Å². The molecule has 0 aliphatic heterocycles. The third kappa shape index (κ3) is 2.32. The fraction of sp³-hybridized carbons (Fsp3) is 0.500. The maximum atomic E-state index is 12.9. The van der Waals surface area contributed by atoms with Crippen LogP contribution >= 0.6 is 0 Å². The van der Waals surface area contributed by atoms with Crippen LogP contribution in [0.2, 0.25) is 0 Å². The minimum atomic E-state index is -0.131. The van der Waals surface area contributed by atoms with Crippen LogP contribution in [0.3, 0.4) is 0 Å². The first-order chi connectivity index (χ1) is 6.79. The van der Waals surface area contributed by atoms with E-state index in [1.165, 1.54) is 18.9 Å². The SMILES string of the molecule is CNC(Cc1cccc(F)c1)C1CC1. The molecule has 1 fully saturated rings. The summed E-state index contributed by atoms with van der Waals surface area (Å²) < 4.78 is 12.9. The number of likely N-dealkylation sites (N-methyl/N-ethyl adjacent to an activating group) is 1. The summed E-state index contributed by atoms with van der Waals surface area (Å²) >= 11 is 0. The van der Waals surface area contributed by atoms with Crippen molar-refractivity contribution in [2.24, 2.45) is 5.92 Å². The van der Waals surface area contributed by atoms with E-state index >= 15 is 0 Å². The lowest BCUT2D eigenvalue weighted by atomic mass is 10.0. The number of benzene rings is 1. The standard InChI is InChI=1S/C12H16FN/c1-14-12(10-5-6-10)8-9-3-2-4-11(13)7-9/h2-4,7,10,12,14H,5-6,8H2,1H3. The second-order valence-corrected chi connectivity index (χ2v) is 4.07. The zero-order chi connectivity index (χ0) is 9.97. The molecule has 2 heteroatoms. The van der Waals surface area contributed by atoms with Crippen molar-refractivity contribution < 1.29 is 4.39 Å². The van der Waals surface area contributed by atoms with Gasteiger partial charge in [0.2, 0.25) is 0 Å². The van der Waals surface area contributed by atoms with Crippen molar-refractivity contribution in [1.29, 1.82) is 0 Å². The molecule has 0 amide bonds. The van der Waals surface area contributed by atoms with Gasteiger partial charge in [-0.15, -0.1) is 0 Å². The molecule has 1 saturated carbocycles. The van der Waals surface area contributed by atoms with E-state index in [2.05, 4.69) is 5.32 Å². The Morgan fingerprint density at radius 1 is 1.50 bits per heavy atom. The molecule has 14 heavy (non-hydrogen) atoms. The van der Waals surface area contributed by atoms with Crippen molar-refractivity contribution in [1.82, 2.24) is 5.32 Å². The fourth-order valence-corrected chi connectivity index (χ4v) is 1.92. The van der Waals surface area contributed by atoms with E-state index in [0.717, 1.165) is 17.9 Å². The van der Waals surface area contributed by atoms with Gasteiger partial charge in [-0.2, -0.15) is 0 Å². The molecule has 1 N–H and O–H groups in total. The predicted octanol–water partition coefficient (Wildman–Crippen LogP) is 2.37. The molecule has 0 radical (unpaired) electrons. The van der Waals surface area contributed by atoms with E-state index in [0.29, 0.717) is 6.04 Å². The highest BCUT2D eigenvalue weighted by atomic mass is 19.1. The Balaban J connectivity index is 2.01. The Labute approximate surface area is 84.3 Å². The van der Waals surface area contributed by atoms with Crippen LogP contribution in [0.15, 0.2) is 24.3 Å². The van der Waals surface area contributed by atoms with E-state index in [1.54, 1.807) is 12.1 Å². The lowest BCUT2D eigenvalue weighted by Crippen LogP contribution is -2.29. The molecule has 1 aromatic rings. The van der Waals surface area contributed by atoms with Crippen LogP contribution in [0.5, 0.6) is 0 Å². The number of hydrogen-bond acceptors (Lipinski definition) is 1. The van der Waals surface area contributed by atoms with Crippen LogP contribution < -0.4 is 5.32 Å². The van der Waals surface area contributed by atoms with E-state index < -0.39 is 0 Å². The lowest BCUT2D eigenvalue weighted by Gasteiger charge is -2.14. The second kappa shape index (κ2) is 4.09. The van der Waals surface area contributed by atoms with Gasteiger partial charge < -0.3 is 5.32 Å². The summed E-state index contributed by atoms with van der Waals surface area (Å²) in [4.78, 5) is 0. The quantitative estimate of drug-likeness (QED) is 0.774. The lowest BCUT2D eigenvalue weighted by molar-refractivity contribution is 0.499. The molecule has 0 saturated heterocycles. The summed E-state index contributed by atoms with van der Waals surface area (Å²) in [5.41, 5.74) is 1.09. The average molecular weight is 193 g/mol. The number of rotatable bonds is 4. The van der Waals surface area contributed by atoms with Crippen molar-refractivity contribution in [3.8, 4) is 0 Å². The number of nitrogens with one attached hydrogen (secondary N) is 1. The van der Waals surface area contributed by atoms with Crippen molar-refractivity contribution in [2.45, 2.75) is 25.3 Å². The molecule has 76 valence electrons.